The van der Waals surface area contributed by atoms with Crippen molar-refractivity contribution >= 4 is 5.91 Å². The number of hydrogen-bond donors (Lipinski definition) is 1. The van der Waals surface area contributed by atoms with Crippen LogP contribution in [-0.4, -0.2) is 61.0 Å². The monoisotopic (exact) mass is 239 g/mol. The van der Waals surface area contributed by atoms with Gasteiger partial charge in [0.05, 0.1) is 0 Å². The van der Waals surface area contributed by atoms with E-state index in [2.05, 4.69) is 17.3 Å². The second kappa shape index (κ2) is 5.83. The average molecular weight is 239 g/mol. The fourth-order valence-corrected chi connectivity index (χ4v) is 2.87. The summed E-state index contributed by atoms with van der Waals surface area (Å²) < 4.78 is 0. The van der Waals surface area contributed by atoms with E-state index in [1.165, 1.54) is 25.9 Å². The normalized spacial score (nSPS) is 25.2. The first-order valence-electron chi connectivity index (χ1n) is 6.85. The fraction of sp³-hybridized carbons (Fsp3) is 0.923. The van der Waals surface area contributed by atoms with Crippen LogP contribution in [0.15, 0.2) is 0 Å². The molecular weight excluding hydrogens is 214 g/mol. The molecule has 1 N–H and O–H groups in total. The van der Waals surface area contributed by atoms with E-state index in [1.54, 1.807) is 6.92 Å². The summed E-state index contributed by atoms with van der Waals surface area (Å²) in [5.41, 5.74) is 0. The van der Waals surface area contributed by atoms with Crippen LogP contribution in [0, 0.1) is 0 Å². The van der Waals surface area contributed by atoms with Crippen molar-refractivity contribution in [1.29, 1.82) is 0 Å². The molecule has 0 aliphatic carbocycles. The van der Waals surface area contributed by atoms with Gasteiger partial charge in [-0.1, -0.05) is 0 Å². The summed E-state index contributed by atoms with van der Waals surface area (Å²) in [5.74, 6) is 0.225. The summed E-state index contributed by atoms with van der Waals surface area (Å²) >= 11 is 0. The number of rotatable bonds is 2. The van der Waals surface area contributed by atoms with Gasteiger partial charge in [-0.25, -0.2) is 0 Å². The topological polar surface area (TPSA) is 35.6 Å². The number of hydrogen-bond acceptors (Lipinski definition) is 3. The highest BCUT2D eigenvalue weighted by molar-refractivity contribution is 5.73. The maximum atomic E-state index is 11.2. The molecule has 2 aliphatic heterocycles. The summed E-state index contributed by atoms with van der Waals surface area (Å²) in [6.07, 6.45) is 4.77. The highest BCUT2D eigenvalue weighted by Crippen LogP contribution is 2.15. The van der Waals surface area contributed by atoms with Gasteiger partial charge in [-0.15, -0.1) is 0 Å². The van der Waals surface area contributed by atoms with Crippen molar-refractivity contribution in [3.8, 4) is 0 Å². The fourth-order valence-electron chi connectivity index (χ4n) is 2.87. The van der Waals surface area contributed by atoms with Crippen molar-refractivity contribution in [2.75, 3.05) is 33.2 Å². The maximum absolute atomic E-state index is 11.2. The van der Waals surface area contributed by atoms with Gasteiger partial charge in [0.1, 0.15) is 0 Å². The van der Waals surface area contributed by atoms with Crippen molar-refractivity contribution in [2.45, 2.75) is 44.7 Å². The zero-order valence-corrected chi connectivity index (χ0v) is 11.1. The number of amides is 1. The first-order valence-corrected chi connectivity index (χ1v) is 6.85. The number of carbonyl (C=O) groups is 1. The van der Waals surface area contributed by atoms with E-state index >= 15 is 0 Å². The van der Waals surface area contributed by atoms with Crippen molar-refractivity contribution in [3.63, 3.8) is 0 Å². The van der Waals surface area contributed by atoms with Gasteiger partial charge in [-0.2, -0.15) is 0 Å². The van der Waals surface area contributed by atoms with Crippen molar-refractivity contribution in [3.05, 3.63) is 0 Å². The van der Waals surface area contributed by atoms with Crippen LogP contribution < -0.4 is 5.32 Å². The molecule has 1 amide bonds. The predicted molar refractivity (Wildman–Crippen MR) is 68.9 cm³/mol. The Morgan fingerprint density at radius 2 is 1.47 bits per heavy atom. The minimum atomic E-state index is 0.225. The van der Waals surface area contributed by atoms with Crippen LogP contribution in [0.4, 0.5) is 0 Å². The molecule has 4 heteroatoms. The van der Waals surface area contributed by atoms with E-state index in [0.29, 0.717) is 12.1 Å². The molecule has 0 atom stereocenters. The molecule has 0 aromatic rings. The smallest absolute Gasteiger partial charge is 0.219 e. The van der Waals surface area contributed by atoms with Crippen molar-refractivity contribution in [1.82, 2.24) is 15.1 Å². The van der Waals surface area contributed by atoms with Gasteiger partial charge in [0.2, 0.25) is 5.91 Å². The largest absolute Gasteiger partial charge is 0.343 e. The van der Waals surface area contributed by atoms with Crippen LogP contribution in [0.2, 0.25) is 0 Å². The van der Waals surface area contributed by atoms with E-state index in [-0.39, 0.29) is 5.91 Å². The Kier molecular flexibility index (Phi) is 4.40. The third kappa shape index (κ3) is 3.68. The molecule has 2 fully saturated rings. The lowest BCUT2D eigenvalue weighted by molar-refractivity contribution is -0.129. The SMILES string of the molecule is CC(=O)N1CCC(NC2CCN(C)CC2)CC1. The first-order chi connectivity index (χ1) is 8.15. The number of nitrogens with one attached hydrogen (secondary N) is 1. The molecule has 98 valence electrons. The van der Waals surface area contributed by atoms with Gasteiger partial charge in [0.25, 0.3) is 0 Å². The Bertz CT molecular complexity index is 253. The number of carbonyl (C=O) groups excluding carboxylic acids is 1. The quantitative estimate of drug-likeness (QED) is 0.770. The lowest BCUT2D eigenvalue weighted by atomic mass is 10.00. The summed E-state index contributed by atoms with van der Waals surface area (Å²) in [4.78, 5) is 15.6. The summed E-state index contributed by atoms with van der Waals surface area (Å²) in [6.45, 7) is 5.96. The van der Waals surface area contributed by atoms with E-state index < -0.39 is 0 Å². The Balaban J connectivity index is 1.69. The predicted octanol–water partition coefficient (Wildman–Crippen LogP) is 0.681. The molecule has 0 aromatic heterocycles. The Morgan fingerprint density at radius 3 is 1.94 bits per heavy atom. The van der Waals surface area contributed by atoms with Crippen LogP contribution >= 0.6 is 0 Å². The van der Waals surface area contributed by atoms with Gasteiger partial charge in [0.15, 0.2) is 0 Å². The highest BCUT2D eigenvalue weighted by Gasteiger charge is 2.24. The van der Waals surface area contributed by atoms with Crippen LogP contribution in [-0.2, 0) is 4.79 Å². The minimum absolute atomic E-state index is 0.225. The average Bonchev–Trinajstić information content (AvgIpc) is 2.33. The molecule has 0 bridgehead atoms. The lowest BCUT2D eigenvalue weighted by Crippen LogP contribution is -2.50. The van der Waals surface area contributed by atoms with Gasteiger partial charge < -0.3 is 15.1 Å². The standard InChI is InChI=1S/C13H25N3O/c1-11(17)16-9-5-13(6-10-16)14-12-3-7-15(2)8-4-12/h12-14H,3-10H2,1-2H3. The molecule has 2 rings (SSSR count). The molecule has 0 spiro atoms. The van der Waals surface area contributed by atoms with Gasteiger partial charge >= 0.3 is 0 Å². The number of likely N-dealkylation sites (tertiary alicyclic amines) is 2. The molecule has 0 saturated carbocycles. The van der Waals surface area contributed by atoms with Crippen LogP contribution in [0.25, 0.3) is 0 Å². The van der Waals surface area contributed by atoms with Crippen molar-refractivity contribution < 1.29 is 4.79 Å². The van der Waals surface area contributed by atoms with Crippen LogP contribution in [0.1, 0.15) is 32.6 Å². The van der Waals surface area contributed by atoms with Crippen LogP contribution in [0.5, 0.6) is 0 Å². The summed E-state index contributed by atoms with van der Waals surface area (Å²) in [7, 11) is 2.20. The molecular formula is C13H25N3O. The summed E-state index contributed by atoms with van der Waals surface area (Å²) in [5, 5.41) is 3.77. The maximum Gasteiger partial charge on any atom is 0.219 e. The Morgan fingerprint density at radius 1 is 1.00 bits per heavy atom. The molecule has 0 aromatic carbocycles. The third-order valence-corrected chi connectivity index (χ3v) is 4.13. The molecule has 2 aliphatic rings. The molecule has 2 saturated heterocycles. The second-order valence-electron chi connectivity index (χ2n) is 5.52. The highest BCUT2D eigenvalue weighted by atomic mass is 16.2. The zero-order chi connectivity index (χ0) is 12.3. The number of piperidine rings is 2. The molecule has 17 heavy (non-hydrogen) atoms. The molecule has 4 nitrogen and oxygen atoms in total. The van der Waals surface area contributed by atoms with E-state index in [9.17, 15) is 4.79 Å². The van der Waals surface area contributed by atoms with Gasteiger partial charge in [-0.05, 0) is 45.8 Å². The van der Waals surface area contributed by atoms with Gasteiger partial charge in [0, 0.05) is 32.1 Å². The van der Waals surface area contributed by atoms with E-state index in [0.717, 1.165) is 25.9 Å². The third-order valence-electron chi connectivity index (χ3n) is 4.13. The Hall–Kier alpha value is -0.610. The number of nitrogens with zero attached hydrogens (tertiary/aromatic N) is 2. The molecule has 0 unspecified atom stereocenters. The summed E-state index contributed by atoms with van der Waals surface area (Å²) in [6, 6.07) is 1.32. The zero-order valence-electron chi connectivity index (χ0n) is 11.1. The molecule has 2 heterocycles. The Labute approximate surface area is 104 Å². The van der Waals surface area contributed by atoms with Crippen molar-refractivity contribution in [2.24, 2.45) is 0 Å². The minimum Gasteiger partial charge on any atom is -0.343 e. The lowest BCUT2D eigenvalue weighted by Gasteiger charge is -2.36. The first kappa shape index (κ1) is 12.8. The molecule has 0 radical (unpaired) electrons. The van der Waals surface area contributed by atoms with Gasteiger partial charge in [-0.3, -0.25) is 4.79 Å². The van der Waals surface area contributed by atoms with E-state index in [4.69, 9.17) is 0 Å². The van der Waals surface area contributed by atoms with Crippen LogP contribution in [0.3, 0.4) is 0 Å². The second-order valence-corrected chi connectivity index (χ2v) is 5.52. The van der Waals surface area contributed by atoms with E-state index in [1.807, 2.05) is 4.90 Å².